The molecule has 0 bridgehead atoms. The minimum Gasteiger partial charge on any atom is -0.342 e. The van der Waals surface area contributed by atoms with E-state index in [4.69, 9.17) is 0 Å². The molecule has 2 atom stereocenters. The number of hydrogen-bond donors (Lipinski definition) is 1. The van der Waals surface area contributed by atoms with Gasteiger partial charge in [0.25, 0.3) is 0 Å². The smallest absolute Gasteiger partial charge is 0.117 e. The lowest BCUT2D eigenvalue weighted by Gasteiger charge is -2.33. The molecule has 0 aromatic carbocycles. The molecule has 0 saturated heterocycles. The summed E-state index contributed by atoms with van der Waals surface area (Å²) >= 11 is 0. The predicted molar refractivity (Wildman–Crippen MR) is 55.6 cm³/mol. The Hall–Kier alpha value is 0.177. The van der Waals surface area contributed by atoms with Crippen molar-refractivity contribution in [2.75, 3.05) is 7.05 Å². The van der Waals surface area contributed by atoms with Crippen molar-refractivity contribution in [1.29, 1.82) is 0 Å². The third-order valence-corrected chi connectivity index (χ3v) is 6.55. The van der Waals surface area contributed by atoms with E-state index in [0.29, 0.717) is 5.04 Å². The van der Waals surface area contributed by atoms with Crippen LogP contribution in [0.2, 0.25) is 10.6 Å². The minimum atomic E-state index is -0.745. The molecule has 2 unspecified atom stereocenters. The maximum absolute atomic E-state index is 3.53. The van der Waals surface area contributed by atoms with Crippen LogP contribution in [-0.4, -0.2) is 16.0 Å². The van der Waals surface area contributed by atoms with Crippen molar-refractivity contribution in [3.05, 3.63) is 0 Å². The quantitative estimate of drug-likeness (QED) is 0.647. The highest BCUT2D eigenvalue weighted by Gasteiger charge is 2.28. The molecule has 11 heavy (non-hydrogen) atoms. The van der Waals surface area contributed by atoms with Crippen molar-refractivity contribution in [2.24, 2.45) is 0 Å². The second kappa shape index (κ2) is 4.26. The molecule has 0 aliphatic carbocycles. The predicted octanol–water partition coefficient (Wildman–Crippen LogP) is 2.53. The molecule has 0 aromatic heterocycles. The van der Waals surface area contributed by atoms with Crippen LogP contribution in [0, 0.1) is 0 Å². The lowest BCUT2D eigenvalue weighted by molar-refractivity contribution is 0.676. The van der Waals surface area contributed by atoms with E-state index in [1.54, 1.807) is 0 Å². The molecule has 0 aromatic rings. The van der Waals surface area contributed by atoms with E-state index in [1.807, 2.05) is 0 Å². The van der Waals surface area contributed by atoms with E-state index in [0.717, 1.165) is 5.54 Å². The summed E-state index contributed by atoms with van der Waals surface area (Å²) in [6.07, 6.45) is 1.31. The molecule has 0 saturated carbocycles. The minimum absolute atomic E-state index is 0.518. The summed E-state index contributed by atoms with van der Waals surface area (Å²) in [5.74, 6) is 0. The molecule has 68 valence electrons. The molecule has 0 fully saturated rings. The van der Waals surface area contributed by atoms with Crippen LogP contribution in [0.15, 0.2) is 0 Å². The fraction of sp³-hybridized carbons (Fsp3) is 1.00. The largest absolute Gasteiger partial charge is 0.342 e. The Morgan fingerprint density at radius 2 is 1.82 bits per heavy atom. The molecule has 0 heterocycles. The molecule has 0 amide bonds. The SMILES string of the molecule is CCC(C)[SiH](NC)C(C)(C)C. The van der Waals surface area contributed by atoms with Gasteiger partial charge in [0.1, 0.15) is 8.96 Å². The summed E-state index contributed by atoms with van der Waals surface area (Å²) < 4.78 is 0. The van der Waals surface area contributed by atoms with Crippen LogP contribution in [0.5, 0.6) is 0 Å². The van der Waals surface area contributed by atoms with E-state index >= 15 is 0 Å². The standard InChI is InChI=1S/C9H23NSi/c1-7-8(2)11(10-6)9(3,4)5/h8,10-11H,7H2,1-6H3. The first-order valence-electron chi connectivity index (χ1n) is 4.60. The van der Waals surface area contributed by atoms with Crippen molar-refractivity contribution in [2.45, 2.75) is 51.6 Å². The highest BCUT2D eigenvalue weighted by atomic mass is 28.3. The molecule has 1 N–H and O–H groups in total. The number of hydrogen-bond acceptors (Lipinski definition) is 1. The summed E-state index contributed by atoms with van der Waals surface area (Å²) in [4.78, 5) is 3.53. The van der Waals surface area contributed by atoms with Gasteiger partial charge >= 0.3 is 0 Å². The Balaban J connectivity index is 4.16. The zero-order chi connectivity index (χ0) is 9.07. The Morgan fingerprint density at radius 3 is 1.91 bits per heavy atom. The average molecular weight is 173 g/mol. The summed E-state index contributed by atoms with van der Waals surface area (Å²) in [5, 5.41) is 0.518. The number of rotatable bonds is 3. The van der Waals surface area contributed by atoms with Crippen molar-refractivity contribution in [3.63, 3.8) is 0 Å². The zero-order valence-electron chi connectivity index (χ0n) is 8.86. The van der Waals surface area contributed by atoms with Gasteiger partial charge in [-0.1, -0.05) is 41.0 Å². The fourth-order valence-corrected chi connectivity index (χ4v) is 5.42. The van der Waals surface area contributed by atoms with E-state index in [-0.39, 0.29) is 0 Å². The van der Waals surface area contributed by atoms with Crippen LogP contribution in [0.1, 0.15) is 41.0 Å². The highest BCUT2D eigenvalue weighted by Crippen LogP contribution is 2.32. The van der Waals surface area contributed by atoms with Gasteiger partial charge in [-0.05, 0) is 17.6 Å². The molecular weight excluding hydrogens is 150 g/mol. The van der Waals surface area contributed by atoms with Crippen molar-refractivity contribution in [1.82, 2.24) is 4.98 Å². The molecule has 2 heteroatoms. The molecular formula is C9H23NSi. The summed E-state index contributed by atoms with van der Waals surface area (Å²) in [7, 11) is 1.37. The van der Waals surface area contributed by atoms with Gasteiger partial charge in [0.2, 0.25) is 0 Å². The summed E-state index contributed by atoms with van der Waals surface area (Å²) in [6, 6.07) is 0. The molecule has 0 spiro atoms. The van der Waals surface area contributed by atoms with Gasteiger partial charge in [-0.25, -0.2) is 0 Å². The second-order valence-electron chi connectivity index (χ2n) is 4.52. The first-order chi connectivity index (χ1) is 4.93. The molecule has 1 nitrogen and oxygen atoms in total. The lowest BCUT2D eigenvalue weighted by Crippen LogP contribution is -2.42. The van der Waals surface area contributed by atoms with Crippen LogP contribution in [0.4, 0.5) is 0 Å². The van der Waals surface area contributed by atoms with E-state index in [1.165, 1.54) is 6.42 Å². The Bertz CT molecular complexity index is 107. The molecule has 0 rings (SSSR count). The fourth-order valence-electron chi connectivity index (χ4n) is 1.81. The number of nitrogens with one attached hydrogen (secondary N) is 1. The maximum atomic E-state index is 3.53. The summed E-state index contributed by atoms with van der Waals surface area (Å²) in [6.45, 7) is 11.7. The van der Waals surface area contributed by atoms with E-state index < -0.39 is 8.96 Å². The van der Waals surface area contributed by atoms with Gasteiger partial charge in [-0.3, -0.25) is 0 Å². The monoisotopic (exact) mass is 173 g/mol. The van der Waals surface area contributed by atoms with E-state index in [2.05, 4.69) is 46.6 Å². The normalized spacial score (nSPS) is 18.0. The van der Waals surface area contributed by atoms with Crippen LogP contribution in [-0.2, 0) is 0 Å². The zero-order valence-corrected chi connectivity index (χ0v) is 10.0. The van der Waals surface area contributed by atoms with Crippen LogP contribution in [0.25, 0.3) is 0 Å². The first kappa shape index (κ1) is 11.2. The van der Waals surface area contributed by atoms with Gasteiger partial charge in [-0.2, -0.15) is 0 Å². The Kier molecular flexibility index (Phi) is 4.33. The van der Waals surface area contributed by atoms with Crippen LogP contribution in [0.3, 0.4) is 0 Å². The topological polar surface area (TPSA) is 12.0 Å². The third kappa shape index (κ3) is 3.39. The van der Waals surface area contributed by atoms with E-state index in [9.17, 15) is 0 Å². The third-order valence-electron chi connectivity index (χ3n) is 2.46. The van der Waals surface area contributed by atoms with Crippen LogP contribution >= 0.6 is 0 Å². The van der Waals surface area contributed by atoms with Gasteiger partial charge in [-0.15, -0.1) is 0 Å². The van der Waals surface area contributed by atoms with Crippen molar-refractivity contribution < 1.29 is 0 Å². The molecule has 0 aliphatic heterocycles. The average Bonchev–Trinajstić information content (AvgIpc) is 1.86. The lowest BCUT2D eigenvalue weighted by atomic mass is 10.2. The van der Waals surface area contributed by atoms with Gasteiger partial charge in [0.05, 0.1) is 0 Å². The van der Waals surface area contributed by atoms with Gasteiger partial charge in [0.15, 0.2) is 0 Å². The first-order valence-corrected chi connectivity index (χ1v) is 6.42. The summed E-state index contributed by atoms with van der Waals surface area (Å²) in [5.41, 5.74) is 0.903. The Morgan fingerprint density at radius 1 is 1.36 bits per heavy atom. The Labute approximate surface area is 73.3 Å². The van der Waals surface area contributed by atoms with Gasteiger partial charge in [0, 0.05) is 0 Å². The molecule has 0 aliphatic rings. The second-order valence-corrected chi connectivity index (χ2v) is 8.92. The van der Waals surface area contributed by atoms with Gasteiger partial charge < -0.3 is 4.98 Å². The van der Waals surface area contributed by atoms with Crippen molar-refractivity contribution >= 4 is 8.96 Å². The van der Waals surface area contributed by atoms with Crippen LogP contribution < -0.4 is 4.98 Å². The van der Waals surface area contributed by atoms with Crippen molar-refractivity contribution in [3.8, 4) is 0 Å². The highest BCUT2D eigenvalue weighted by molar-refractivity contribution is 6.60. The molecule has 0 radical (unpaired) electrons. The maximum Gasteiger partial charge on any atom is 0.117 e.